The molecule has 1 fully saturated rings. The molecule has 2 unspecified atom stereocenters. The molecule has 2 rings (SSSR count). The number of hydrogen-bond acceptors (Lipinski definition) is 3. The first kappa shape index (κ1) is 16.7. The van der Waals surface area contributed by atoms with E-state index >= 15 is 0 Å². The molecule has 2 N–H and O–H groups in total. The Labute approximate surface area is 136 Å². The minimum Gasteiger partial charge on any atom is -0.357 e. The van der Waals surface area contributed by atoms with Crippen LogP contribution in [0.4, 0.5) is 0 Å². The van der Waals surface area contributed by atoms with E-state index in [1.165, 1.54) is 11.3 Å². The Balaban J connectivity index is 0.00000180. The van der Waals surface area contributed by atoms with Crippen molar-refractivity contribution in [1.29, 1.82) is 0 Å². The molecule has 0 saturated heterocycles. The molecule has 108 valence electrons. The monoisotopic (exact) mass is 394 g/mol. The van der Waals surface area contributed by atoms with E-state index in [1.54, 1.807) is 11.3 Å². The number of halogens is 1. The van der Waals surface area contributed by atoms with E-state index in [0.29, 0.717) is 12.6 Å². The fraction of sp³-hybridized carbons (Fsp3) is 0.692. The SMILES string of the molecule is CCNC(=NCc1ncc(CC)s1)NC1CC1C.I. The van der Waals surface area contributed by atoms with E-state index in [9.17, 15) is 0 Å². The van der Waals surface area contributed by atoms with Gasteiger partial charge in [0.15, 0.2) is 5.96 Å². The normalized spacial score (nSPS) is 21.7. The molecule has 1 saturated carbocycles. The summed E-state index contributed by atoms with van der Waals surface area (Å²) in [5, 5.41) is 7.82. The van der Waals surface area contributed by atoms with Crippen LogP contribution in [0, 0.1) is 5.92 Å². The van der Waals surface area contributed by atoms with Crippen molar-refractivity contribution < 1.29 is 0 Å². The third kappa shape index (κ3) is 5.25. The Morgan fingerprint density at radius 1 is 1.53 bits per heavy atom. The molecule has 0 aliphatic heterocycles. The van der Waals surface area contributed by atoms with Crippen LogP contribution in [0.2, 0.25) is 0 Å². The maximum absolute atomic E-state index is 4.59. The molecule has 0 aromatic carbocycles. The van der Waals surface area contributed by atoms with Crippen LogP contribution in [0.1, 0.15) is 37.1 Å². The molecule has 2 atom stereocenters. The van der Waals surface area contributed by atoms with Gasteiger partial charge in [0.2, 0.25) is 0 Å². The molecule has 0 radical (unpaired) electrons. The molecule has 1 aromatic heterocycles. The van der Waals surface area contributed by atoms with Crippen molar-refractivity contribution >= 4 is 41.3 Å². The first-order valence-electron chi connectivity index (χ1n) is 6.71. The molecular weight excluding hydrogens is 371 g/mol. The predicted molar refractivity (Wildman–Crippen MR) is 92.4 cm³/mol. The maximum atomic E-state index is 4.59. The van der Waals surface area contributed by atoms with E-state index in [0.717, 1.165) is 29.9 Å². The summed E-state index contributed by atoms with van der Waals surface area (Å²) in [7, 11) is 0. The molecule has 1 aromatic rings. The first-order valence-corrected chi connectivity index (χ1v) is 7.53. The number of hydrogen-bond donors (Lipinski definition) is 2. The molecule has 19 heavy (non-hydrogen) atoms. The Bertz CT molecular complexity index is 419. The summed E-state index contributed by atoms with van der Waals surface area (Å²) in [5.41, 5.74) is 0. The number of thiazole rings is 1. The number of guanidine groups is 1. The molecule has 0 spiro atoms. The van der Waals surface area contributed by atoms with E-state index in [4.69, 9.17) is 0 Å². The first-order chi connectivity index (χ1) is 8.72. The van der Waals surface area contributed by atoms with Gasteiger partial charge in [-0.05, 0) is 25.7 Å². The number of nitrogens with zero attached hydrogens (tertiary/aromatic N) is 2. The van der Waals surface area contributed by atoms with Gasteiger partial charge >= 0.3 is 0 Å². The number of nitrogens with one attached hydrogen (secondary N) is 2. The van der Waals surface area contributed by atoms with Crippen LogP contribution in [0.25, 0.3) is 0 Å². The van der Waals surface area contributed by atoms with Crippen molar-refractivity contribution in [2.75, 3.05) is 6.54 Å². The van der Waals surface area contributed by atoms with E-state index in [2.05, 4.69) is 41.4 Å². The van der Waals surface area contributed by atoms with Crippen molar-refractivity contribution in [1.82, 2.24) is 15.6 Å². The van der Waals surface area contributed by atoms with Gasteiger partial charge in [0.25, 0.3) is 0 Å². The average Bonchev–Trinajstić information content (AvgIpc) is 2.89. The second-order valence-corrected chi connectivity index (χ2v) is 5.93. The van der Waals surface area contributed by atoms with Gasteiger partial charge < -0.3 is 10.6 Å². The molecule has 6 heteroatoms. The molecule has 1 heterocycles. The van der Waals surface area contributed by atoms with Gasteiger partial charge in [0.1, 0.15) is 5.01 Å². The van der Waals surface area contributed by atoms with Gasteiger partial charge in [-0.25, -0.2) is 9.98 Å². The van der Waals surface area contributed by atoms with Gasteiger partial charge in [0, 0.05) is 23.7 Å². The van der Waals surface area contributed by atoms with E-state index < -0.39 is 0 Å². The summed E-state index contributed by atoms with van der Waals surface area (Å²) in [4.78, 5) is 10.3. The zero-order valence-electron chi connectivity index (χ0n) is 11.8. The lowest BCUT2D eigenvalue weighted by Crippen LogP contribution is -2.39. The lowest BCUT2D eigenvalue weighted by Gasteiger charge is -2.10. The molecule has 4 nitrogen and oxygen atoms in total. The van der Waals surface area contributed by atoms with Crippen LogP contribution in [0.15, 0.2) is 11.2 Å². The van der Waals surface area contributed by atoms with Crippen molar-refractivity contribution in [3.8, 4) is 0 Å². The third-order valence-electron chi connectivity index (χ3n) is 3.10. The standard InChI is InChI=1S/C13H22N4S.HI/c1-4-10-7-15-12(18-10)8-16-13(14-5-2)17-11-6-9(11)3;/h7,9,11H,4-6,8H2,1-3H3,(H2,14,16,17);1H. The van der Waals surface area contributed by atoms with Gasteiger partial charge in [-0.1, -0.05) is 13.8 Å². The summed E-state index contributed by atoms with van der Waals surface area (Å²) in [5.74, 6) is 1.69. The van der Waals surface area contributed by atoms with Crippen LogP contribution < -0.4 is 10.6 Å². The van der Waals surface area contributed by atoms with Gasteiger partial charge in [-0.15, -0.1) is 35.3 Å². The van der Waals surface area contributed by atoms with Crippen LogP contribution >= 0.6 is 35.3 Å². The van der Waals surface area contributed by atoms with Crippen LogP contribution in [-0.4, -0.2) is 23.5 Å². The summed E-state index contributed by atoms with van der Waals surface area (Å²) < 4.78 is 0. The Hall–Kier alpha value is -0.370. The lowest BCUT2D eigenvalue weighted by atomic mass is 10.4. The molecule has 1 aliphatic carbocycles. The fourth-order valence-electron chi connectivity index (χ4n) is 1.75. The smallest absolute Gasteiger partial charge is 0.191 e. The van der Waals surface area contributed by atoms with Gasteiger partial charge in [0.05, 0.1) is 6.54 Å². The van der Waals surface area contributed by atoms with Gasteiger partial charge in [-0.2, -0.15) is 0 Å². The summed E-state index contributed by atoms with van der Waals surface area (Å²) in [6.07, 6.45) is 4.26. The topological polar surface area (TPSA) is 49.3 Å². The highest BCUT2D eigenvalue weighted by Crippen LogP contribution is 2.28. The van der Waals surface area contributed by atoms with Crippen molar-refractivity contribution in [3.05, 3.63) is 16.1 Å². The molecule has 0 amide bonds. The maximum Gasteiger partial charge on any atom is 0.191 e. The highest BCUT2D eigenvalue weighted by molar-refractivity contribution is 14.0. The zero-order chi connectivity index (χ0) is 13.0. The van der Waals surface area contributed by atoms with Crippen LogP contribution in [0.5, 0.6) is 0 Å². The lowest BCUT2D eigenvalue weighted by molar-refractivity contribution is 0.766. The van der Waals surface area contributed by atoms with Crippen molar-refractivity contribution in [2.24, 2.45) is 10.9 Å². The van der Waals surface area contributed by atoms with E-state index in [-0.39, 0.29) is 24.0 Å². The second-order valence-electron chi connectivity index (χ2n) is 4.73. The van der Waals surface area contributed by atoms with Crippen LogP contribution in [-0.2, 0) is 13.0 Å². The summed E-state index contributed by atoms with van der Waals surface area (Å²) >= 11 is 1.75. The molecular formula is C13H23IN4S. The minimum atomic E-state index is 0. The van der Waals surface area contributed by atoms with Gasteiger partial charge in [-0.3, -0.25) is 0 Å². The summed E-state index contributed by atoms with van der Waals surface area (Å²) in [6.45, 7) is 8.06. The highest BCUT2D eigenvalue weighted by Gasteiger charge is 2.33. The second kappa shape index (κ2) is 8.04. The number of aromatic nitrogens is 1. The largest absolute Gasteiger partial charge is 0.357 e. The number of rotatable bonds is 5. The Kier molecular flexibility index (Phi) is 7.06. The van der Waals surface area contributed by atoms with Crippen molar-refractivity contribution in [2.45, 2.75) is 46.2 Å². The predicted octanol–water partition coefficient (Wildman–Crippen LogP) is 2.79. The Morgan fingerprint density at radius 3 is 2.79 bits per heavy atom. The molecule has 1 aliphatic rings. The third-order valence-corrected chi connectivity index (χ3v) is 4.22. The number of aliphatic imine (C=N–C) groups is 1. The number of aryl methyl sites for hydroxylation is 1. The zero-order valence-corrected chi connectivity index (χ0v) is 14.9. The van der Waals surface area contributed by atoms with E-state index in [1.807, 2.05) is 6.20 Å². The minimum absolute atomic E-state index is 0. The van der Waals surface area contributed by atoms with Crippen LogP contribution in [0.3, 0.4) is 0 Å². The molecule has 0 bridgehead atoms. The summed E-state index contributed by atoms with van der Waals surface area (Å²) in [6, 6.07) is 0.602. The Morgan fingerprint density at radius 2 is 2.26 bits per heavy atom. The fourth-order valence-corrected chi connectivity index (χ4v) is 2.54. The highest BCUT2D eigenvalue weighted by atomic mass is 127. The quantitative estimate of drug-likeness (QED) is 0.459. The average molecular weight is 394 g/mol. The van der Waals surface area contributed by atoms with Crippen molar-refractivity contribution in [3.63, 3.8) is 0 Å².